The van der Waals surface area contributed by atoms with Crippen LogP contribution in [-0.4, -0.2) is 24.3 Å². The molecule has 0 atom stereocenters. The summed E-state index contributed by atoms with van der Waals surface area (Å²) in [5.74, 6) is -0.262. The van der Waals surface area contributed by atoms with Gasteiger partial charge in [-0.3, -0.25) is 25.2 Å². The number of rotatable bonds is 5. The van der Waals surface area contributed by atoms with Gasteiger partial charge in [0.1, 0.15) is 0 Å². The number of hydrogen-bond donors (Lipinski definition) is 3. The molecule has 3 aromatic rings. The van der Waals surface area contributed by atoms with Crippen molar-refractivity contribution >= 4 is 39.8 Å². The maximum Gasteiger partial charge on any atom is 0.270 e. The summed E-state index contributed by atoms with van der Waals surface area (Å²) < 4.78 is 0. The highest BCUT2D eigenvalue weighted by Gasteiger charge is 2.27. The largest absolute Gasteiger partial charge is 0.351 e. The fraction of sp³-hybridized carbons (Fsp3) is 0.320. The standard InChI is InChI=1S/C25H27N3O3S/c1-16-13-14-32-22(16)25(31)26-15-17-9-11-19(12-10-17)23(29)27-28-24(30)21-8-4-6-18-5-2-3-7-20(18)21/h2-8,13-14,17,19H,9-12,15H2,1H3,(H,26,31)(H,27,29)(H,28,30). The van der Waals surface area contributed by atoms with Gasteiger partial charge in [0.25, 0.3) is 11.8 Å². The van der Waals surface area contributed by atoms with Crippen LogP contribution in [0.25, 0.3) is 10.8 Å². The molecule has 0 saturated heterocycles. The first-order valence-electron chi connectivity index (χ1n) is 10.9. The SMILES string of the molecule is Cc1ccsc1C(=O)NCC1CCC(C(=O)NNC(=O)c2cccc3ccccc23)CC1. The van der Waals surface area contributed by atoms with E-state index >= 15 is 0 Å². The van der Waals surface area contributed by atoms with Crippen LogP contribution in [0.2, 0.25) is 0 Å². The summed E-state index contributed by atoms with van der Waals surface area (Å²) >= 11 is 1.46. The Morgan fingerprint density at radius 3 is 2.41 bits per heavy atom. The lowest BCUT2D eigenvalue weighted by atomic mass is 9.81. The highest BCUT2D eigenvalue weighted by molar-refractivity contribution is 7.12. The highest BCUT2D eigenvalue weighted by atomic mass is 32.1. The van der Waals surface area contributed by atoms with Gasteiger partial charge in [0.15, 0.2) is 0 Å². The smallest absolute Gasteiger partial charge is 0.270 e. The molecule has 4 rings (SSSR count). The Kier molecular flexibility index (Phi) is 6.85. The van der Waals surface area contributed by atoms with Gasteiger partial charge in [-0.1, -0.05) is 36.4 Å². The van der Waals surface area contributed by atoms with Gasteiger partial charge >= 0.3 is 0 Å². The van der Waals surface area contributed by atoms with Gasteiger partial charge in [0.2, 0.25) is 5.91 Å². The van der Waals surface area contributed by atoms with E-state index in [1.165, 1.54) is 11.3 Å². The number of amides is 3. The predicted octanol–water partition coefficient (Wildman–Crippen LogP) is 4.21. The number of thiophene rings is 1. The molecule has 1 aromatic heterocycles. The van der Waals surface area contributed by atoms with Crippen LogP contribution < -0.4 is 16.2 Å². The Morgan fingerprint density at radius 2 is 1.66 bits per heavy atom. The molecule has 2 aromatic carbocycles. The molecule has 3 N–H and O–H groups in total. The Bertz CT molecular complexity index is 1130. The molecule has 32 heavy (non-hydrogen) atoms. The lowest BCUT2D eigenvalue weighted by molar-refractivity contribution is -0.127. The van der Waals surface area contributed by atoms with Crippen LogP contribution in [0, 0.1) is 18.8 Å². The molecule has 166 valence electrons. The summed E-state index contributed by atoms with van der Waals surface area (Å²) in [7, 11) is 0. The second-order valence-corrected chi connectivity index (χ2v) is 9.25. The van der Waals surface area contributed by atoms with Gasteiger partial charge in [0, 0.05) is 18.0 Å². The van der Waals surface area contributed by atoms with Crippen LogP contribution in [0.1, 0.15) is 51.3 Å². The van der Waals surface area contributed by atoms with Crippen molar-refractivity contribution in [3.8, 4) is 0 Å². The van der Waals surface area contributed by atoms with Crippen LogP contribution in [0.5, 0.6) is 0 Å². The lowest BCUT2D eigenvalue weighted by Gasteiger charge is -2.27. The third-order valence-electron chi connectivity index (χ3n) is 6.17. The third kappa shape index (κ3) is 4.99. The molecule has 1 saturated carbocycles. The summed E-state index contributed by atoms with van der Waals surface area (Å²) in [6.45, 7) is 2.57. The number of carbonyl (C=O) groups is 3. The molecule has 3 amide bonds. The van der Waals surface area contributed by atoms with Gasteiger partial charge in [-0.2, -0.15) is 0 Å². The zero-order chi connectivity index (χ0) is 22.5. The number of nitrogens with one attached hydrogen (secondary N) is 3. The topological polar surface area (TPSA) is 87.3 Å². The second kappa shape index (κ2) is 9.96. The van der Waals surface area contributed by atoms with E-state index in [9.17, 15) is 14.4 Å². The number of hydrazine groups is 1. The molecule has 1 aliphatic rings. The van der Waals surface area contributed by atoms with E-state index in [0.29, 0.717) is 18.0 Å². The van der Waals surface area contributed by atoms with Crippen LogP contribution in [0.4, 0.5) is 0 Å². The van der Waals surface area contributed by atoms with Gasteiger partial charge in [0.05, 0.1) is 4.88 Å². The zero-order valence-electron chi connectivity index (χ0n) is 18.0. The molecule has 6 nitrogen and oxygen atoms in total. The summed E-state index contributed by atoms with van der Waals surface area (Å²) in [5, 5.41) is 6.78. The maximum atomic E-state index is 12.6. The van der Waals surface area contributed by atoms with Gasteiger partial charge in [-0.05, 0) is 72.4 Å². The first-order chi connectivity index (χ1) is 15.5. The van der Waals surface area contributed by atoms with Crippen molar-refractivity contribution in [3.05, 3.63) is 69.9 Å². The van der Waals surface area contributed by atoms with Gasteiger partial charge in [-0.25, -0.2) is 0 Å². The monoisotopic (exact) mass is 449 g/mol. The Labute approximate surface area is 191 Å². The third-order valence-corrected chi connectivity index (χ3v) is 7.19. The molecule has 1 aliphatic carbocycles. The van der Waals surface area contributed by atoms with Crippen molar-refractivity contribution < 1.29 is 14.4 Å². The Hall–Kier alpha value is -3.19. The molecule has 0 spiro atoms. The molecule has 0 aliphatic heterocycles. The molecule has 1 heterocycles. The van der Waals surface area contributed by atoms with Crippen molar-refractivity contribution in [1.82, 2.24) is 16.2 Å². The fourth-order valence-electron chi connectivity index (χ4n) is 4.26. The normalized spacial score (nSPS) is 18.2. The quantitative estimate of drug-likeness (QED) is 0.510. The number of carbonyl (C=O) groups excluding carboxylic acids is 3. The summed E-state index contributed by atoms with van der Waals surface area (Å²) in [4.78, 5) is 38.2. The van der Waals surface area contributed by atoms with Crippen LogP contribution >= 0.6 is 11.3 Å². The second-order valence-electron chi connectivity index (χ2n) is 8.33. The molecular formula is C25H27N3O3S. The van der Waals surface area contributed by atoms with E-state index in [4.69, 9.17) is 0 Å². The number of hydrogen-bond acceptors (Lipinski definition) is 4. The fourth-order valence-corrected chi connectivity index (χ4v) is 5.10. The van der Waals surface area contributed by atoms with E-state index in [1.54, 1.807) is 6.07 Å². The average Bonchev–Trinajstić information content (AvgIpc) is 3.26. The van der Waals surface area contributed by atoms with Crippen LogP contribution in [0.15, 0.2) is 53.9 Å². The van der Waals surface area contributed by atoms with Crippen molar-refractivity contribution in [2.45, 2.75) is 32.6 Å². The van der Waals surface area contributed by atoms with E-state index in [1.807, 2.05) is 54.8 Å². The first-order valence-corrected chi connectivity index (χ1v) is 11.8. The van der Waals surface area contributed by atoms with Crippen molar-refractivity contribution in [2.75, 3.05) is 6.54 Å². The molecular weight excluding hydrogens is 422 g/mol. The molecule has 0 radical (unpaired) electrons. The van der Waals surface area contributed by atoms with E-state index < -0.39 is 0 Å². The van der Waals surface area contributed by atoms with Crippen molar-refractivity contribution in [3.63, 3.8) is 0 Å². The molecule has 0 unspecified atom stereocenters. The minimum atomic E-state index is -0.324. The van der Waals surface area contributed by atoms with Gasteiger partial charge in [-0.15, -0.1) is 11.3 Å². The van der Waals surface area contributed by atoms with Gasteiger partial charge < -0.3 is 5.32 Å². The predicted molar refractivity (Wildman–Crippen MR) is 126 cm³/mol. The lowest BCUT2D eigenvalue weighted by Crippen LogP contribution is -2.45. The molecule has 7 heteroatoms. The number of aryl methyl sites for hydroxylation is 1. The molecule has 0 bridgehead atoms. The van der Waals surface area contributed by atoms with E-state index in [0.717, 1.165) is 46.9 Å². The number of benzene rings is 2. The average molecular weight is 450 g/mol. The summed E-state index contributed by atoms with van der Waals surface area (Å²) in [6.07, 6.45) is 3.24. The minimum Gasteiger partial charge on any atom is -0.351 e. The van der Waals surface area contributed by atoms with E-state index in [2.05, 4.69) is 16.2 Å². The highest BCUT2D eigenvalue weighted by Crippen LogP contribution is 2.28. The summed E-state index contributed by atoms with van der Waals surface area (Å²) in [5.41, 5.74) is 6.69. The molecule has 1 fully saturated rings. The van der Waals surface area contributed by atoms with Crippen LogP contribution in [-0.2, 0) is 4.79 Å². The summed E-state index contributed by atoms with van der Waals surface area (Å²) in [6, 6.07) is 15.1. The Morgan fingerprint density at radius 1 is 0.906 bits per heavy atom. The zero-order valence-corrected chi connectivity index (χ0v) is 18.8. The Balaban J connectivity index is 1.23. The number of fused-ring (bicyclic) bond motifs is 1. The van der Waals surface area contributed by atoms with Crippen LogP contribution in [0.3, 0.4) is 0 Å². The van der Waals surface area contributed by atoms with Crippen molar-refractivity contribution in [1.29, 1.82) is 0 Å². The minimum absolute atomic E-state index is 0.0199. The van der Waals surface area contributed by atoms with Crippen molar-refractivity contribution in [2.24, 2.45) is 11.8 Å². The van der Waals surface area contributed by atoms with E-state index in [-0.39, 0.29) is 23.6 Å². The maximum absolute atomic E-state index is 12.6. The first kappa shape index (κ1) is 22.0.